The SMILES string of the molecule is O=C(c1nc2ccccc2[nH]1)N1CC[C@H](Oc2nccnc2C2=CCOCC2)C1. The zero-order chi connectivity index (χ0) is 19.6. The number of carbonyl (C=O) groups excluding carboxylic acids is 1. The summed E-state index contributed by atoms with van der Waals surface area (Å²) in [6, 6.07) is 7.62. The van der Waals surface area contributed by atoms with Gasteiger partial charge < -0.3 is 19.4 Å². The Kier molecular flexibility index (Phi) is 4.69. The normalized spacial score (nSPS) is 19.4. The van der Waals surface area contributed by atoms with Crippen molar-refractivity contribution in [2.24, 2.45) is 0 Å². The van der Waals surface area contributed by atoms with Gasteiger partial charge in [-0.05, 0) is 24.1 Å². The van der Waals surface area contributed by atoms with Crippen molar-refractivity contribution in [3.8, 4) is 5.88 Å². The highest BCUT2D eigenvalue weighted by atomic mass is 16.5. The minimum absolute atomic E-state index is 0.112. The number of hydrogen-bond donors (Lipinski definition) is 1. The lowest BCUT2D eigenvalue weighted by Crippen LogP contribution is -2.31. The maximum absolute atomic E-state index is 12.9. The fraction of sp³-hybridized carbons (Fsp3) is 0.333. The molecule has 0 saturated carbocycles. The summed E-state index contributed by atoms with van der Waals surface area (Å²) in [5.74, 6) is 0.766. The van der Waals surface area contributed by atoms with E-state index in [4.69, 9.17) is 9.47 Å². The van der Waals surface area contributed by atoms with Crippen LogP contribution < -0.4 is 4.74 Å². The number of likely N-dealkylation sites (tertiary alicyclic amines) is 1. The van der Waals surface area contributed by atoms with Gasteiger partial charge in [0.1, 0.15) is 11.8 Å². The molecule has 1 fully saturated rings. The number of aromatic amines is 1. The Balaban J connectivity index is 1.29. The number of amides is 1. The van der Waals surface area contributed by atoms with Gasteiger partial charge in [0.15, 0.2) is 5.82 Å². The number of nitrogens with zero attached hydrogens (tertiary/aromatic N) is 4. The summed E-state index contributed by atoms with van der Waals surface area (Å²) in [6.07, 6.45) is 6.72. The summed E-state index contributed by atoms with van der Waals surface area (Å²) in [5.41, 5.74) is 3.50. The van der Waals surface area contributed by atoms with Crippen LogP contribution in [0.3, 0.4) is 0 Å². The summed E-state index contributed by atoms with van der Waals surface area (Å²) in [5, 5.41) is 0. The number of para-hydroxylation sites is 2. The summed E-state index contributed by atoms with van der Waals surface area (Å²) >= 11 is 0. The number of benzene rings is 1. The molecule has 0 unspecified atom stereocenters. The Morgan fingerprint density at radius 1 is 1.24 bits per heavy atom. The molecule has 2 aliphatic heterocycles. The maximum Gasteiger partial charge on any atom is 0.289 e. The maximum atomic E-state index is 12.9. The van der Waals surface area contributed by atoms with Gasteiger partial charge in [0.05, 0.1) is 30.8 Å². The van der Waals surface area contributed by atoms with Crippen LogP contribution in [0.2, 0.25) is 0 Å². The van der Waals surface area contributed by atoms with Crippen LogP contribution in [0.4, 0.5) is 0 Å². The van der Waals surface area contributed by atoms with Crippen molar-refractivity contribution in [3.63, 3.8) is 0 Å². The first-order valence-corrected chi connectivity index (χ1v) is 9.77. The molecule has 1 saturated heterocycles. The standard InChI is InChI=1S/C21H21N5O3/c27-21(19-24-16-3-1-2-4-17(16)25-19)26-10-5-15(13-26)29-20-18(22-8-9-23-20)14-6-11-28-12-7-14/h1-4,6,8-9,15H,5,7,10-13H2,(H,24,25)/t15-/m0/s1. The van der Waals surface area contributed by atoms with E-state index in [1.807, 2.05) is 30.3 Å². The first kappa shape index (κ1) is 17.8. The highest BCUT2D eigenvalue weighted by molar-refractivity contribution is 5.94. The molecule has 8 nitrogen and oxygen atoms in total. The Morgan fingerprint density at radius 3 is 3.00 bits per heavy atom. The molecule has 5 rings (SSSR count). The van der Waals surface area contributed by atoms with Crippen LogP contribution in [-0.2, 0) is 4.74 Å². The third-order valence-electron chi connectivity index (χ3n) is 5.23. The second-order valence-electron chi connectivity index (χ2n) is 7.15. The summed E-state index contributed by atoms with van der Waals surface area (Å²) < 4.78 is 11.5. The van der Waals surface area contributed by atoms with Crippen molar-refractivity contribution in [1.29, 1.82) is 0 Å². The quantitative estimate of drug-likeness (QED) is 0.734. The molecule has 4 heterocycles. The monoisotopic (exact) mass is 391 g/mol. The number of fused-ring (bicyclic) bond motifs is 1. The highest BCUT2D eigenvalue weighted by Gasteiger charge is 2.31. The van der Waals surface area contributed by atoms with Crippen LogP contribution in [0.15, 0.2) is 42.7 Å². The van der Waals surface area contributed by atoms with Crippen LogP contribution >= 0.6 is 0 Å². The first-order chi connectivity index (χ1) is 14.3. The van der Waals surface area contributed by atoms with Gasteiger partial charge in [-0.15, -0.1) is 0 Å². The smallest absolute Gasteiger partial charge is 0.289 e. The fourth-order valence-corrected chi connectivity index (χ4v) is 3.74. The van der Waals surface area contributed by atoms with E-state index in [2.05, 4.69) is 19.9 Å². The van der Waals surface area contributed by atoms with Crippen molar-refractivity contribution in [2.75, 3.05) is 26.3 Å². The summed E-state index contributed by atoms with van der Waals surface area (Å²) in [6.45, 7) is 2.36. The largest absolute Gasteiger partial charge is 0.471 e. The zero-order valence-electron chi connectivity index (χ0n) is 15.9. The lowest BCUT2D eigenvalue weighted by atomic mass is 10.1. The minimum Gasteiger partial charge on any atom is -0.471 e. The third kappa shape index (κ3) is 3.58. The van der Waals surface area contributed by atoms with Crippen LogP contribution in [0.1, 0.15) is 29.2 Å². The van der Waals surface area contributed by atoms with Gasteiger partial charge in [0.2, 0.25) is 5.88 Å². The average molecular weight is 391 g/mol. The average Bonchev–Trinajstić information content (AvgIpc) is 3.41. The number of hydrogen-bond acceptors (Lipinski definition) is 6. The lowest BCUT2D eigenvalue weighted by molar-refractivity contribution is 0.0760. The number of H-pyrrole nitrogens is 1. The van der Waals surface area contributed by atoms with Crippen LogP contribution in [0, 0.1) is 0 Å². The van der Waals surface area contributed by atoms with E-state index in [9.17, 15) is 4.79 Å². The number of aromatic nitrogens is 4. The first-order valence-electron chi connectivity index (χ1n) is 9.77. The van der Waals surface area contributed by atoms with E-state index in [1.165, 1.54) is 0 Å². The summed E-state index contributed by atoms with van der Waals surface area (Å²) in [7, 11) is 0. The van der Waals surface area contributed by atoms with Gasteiger partial charge >= 0.3 is 0 Å². The van der Waals surface area contributed by atoms with E-state index >= 15 is 0 Å². The van der Waals surface area contributed by atoms with Crippen molar-refractivity contribution >= 4 is 22.5 Å². The van der Waals surface area contributed by atoms with Crippen molar-refractivity contribution < 1.29 is 14.3 Å². The molecule has 8 heteroatoms. The highest BCUT2D eigenvalue weighted by Crippen LogP contribution is 2.28. The molecular weight excluding hydrogens is 370 g/mol. The van der Waals surface area contributed by atoms with E-state index in [-0.39, 0.29) is 12.0 Å². The predicted octanol–water partition coefficient (Wildman–Crippen LogP) is 2.45. The van der Waals surface area contributed by atoms with Gasteiger partial charge in [-0.3, -0.25) is 4.79 Å². The molecule has 2 aromatic heterocycles. The molecule has 0 radical (unpaired) electrons. The second-order valence-corrected chi connectivity index (χ2v) is 7.15. The molecule has 0 spiro atoms. The van der Waals surface area contributed by atoms with Crippen LogP contribution in [0.25, 0.3) is 16.6 Å². The molecule has 2 aliphatic rings. The van der Waals surface area contributed by atoms with Gasteiger partial charge in [0.25, 0.3) is 5.91 Å². The summed E-state index contributed by atoms with van der Waals surface area (Å²) in [4.78, 5) is 31.0. The molecule has 1 atom stereocenters. The van der Waals surface area contributed by atoms with Crippen molar-refractivity contribution in [3.05, 3.63) is 54.3 Å². The molecule has 29 heavy (non-hydrogen) atoms. The van der Waals surface area contributed by atoms with Crippen molar-refractivity contribution in [2.45, 2.75) is 18.9 Å². The molecule has 0 aliphatic carbocycles. The number of nitrogens with one attached hydrogen (secondary N) is 1. The minimum atomic E-state index is -0.126. The molecule has 1 amide bonds. The fourth-order valence-electron chi connectivity index (χ4n) is 3.74. The Bertz CT molecular complexity index is 1040. The Morgan fingerprint density at radius 2 is 2.14 bits per heavy atom. The van der Waals surface area contributed by atoms with Gasteiger partial charge in [-0.2, -0.15) is 0 Å². The Hall–Kier alpha value is -3.26. The molecule has 1 aromatic carbocycles. The number of imidazole rings is 1. The molecule has 0 bridgehead atoms. The van der Waals surface area contributed by atoms with Gasteiger partial charge in [0, 0.05) is 25.4 Å². The zero-order valence-corrected chi connectivity index (χ0v) is 15.9. The van der Waals surface area contributed by atoms with Crippen LogP contribution in [0.5, 0.6) is 5.88 Å². The molecule has 1 N–H and O–H groups in total. The Labute approximate surface area is 167 Å². The second kappa shape index (κ2) is 7.63. The number of carbonyl (C=O) groups is 1. The predicted molar refractivity (Wildman–Crippen MR) is 106 cm³/mol. The molecule has 148 valence electrons. The van der Waals surface area contributed by atoms with Gasteiger partial charge in [-0.25, -0.2) is 15.0 Å². The lowest BCUT2D eigenvalue weighted by Gasteiger charge is -2.19. The van der Waals surface area contributed by atoms with E-state index in [0.29, 0.717) is 38.0 Å². The third-order valence-corrected chi connectivity index (χ3v) is 5.23. The van der Waals surface area contributed by atoms with Crippen LogP contribution in [-0.4, -0.2) is 63.2 Å². The van der Waals surface area contributed by atoms with Crippen molar-refractivity contribution in [1.82, 2.24) is 24.8 Å². The topological polar surface area (TPSA) is 93.2 Å². The van der Waals surface area contributed by atoms with E-state index < -0.39 is 0 Å². The van der Waals surface area contributed by atoms with Gasteiger partial charge in [-0.1, -0.05) is 18.2 Å². The number of ether oxygens (including phenoxy) is 2. The van der Waals surface area contributed by atoms with E-state index in [0.717, 1.165) is 35.1 Å². The molecular formula is C21H21N5O3. The molecule has 3 aromatic rings. The van der Waals surface area contributed by atoms with E-state index in [1.54, 1.807) is 17.3 Å². The number of rotatable bonds is 4.